The number of benzene rings is 2. The van der Waals surface area contributed by atoms with E-state index in [4.69, 9.17) is 4.74 Å². The number of carbonyl (C=O) groups is 1. The van der Waals surface area contributed by atoms with E-state index in [1.165, 1.54) is 16.8 Å². The molecular weight excluding hydrogens is 397 g/mol. The Bertz CT molecular complexity index is 1060. The van der Waals surface area contributed by atoms with Crippen LogP contribution < -0.4 is 15.4 Å². The van der Waals surface area contributed by atoms with Gasteiger partial charge in [0.05, 0.1) is 24.9 Å². The van der Waals surface area contributed by atoms with E-state index in [1.54, 1.807) is 31.4 Å². The third kappa shape index (κ3) is 3.88. The molecule has 0 bridgehead atoms. The molecule has 1 aliphatic rings. The topological polar surface area (TPSA) is 68.2 Å². The van der Waals surface area contributed by atoms with Gasteiger partial charge < -0.3 is 10.1 Å². The van der Waals surface area contributed by atoms with Gasteiger partial charge in [0.1, 0.15) is 17.6 Å². The fourth-order valence-corrected chi connectivity index (χ4v) is 3.41. The van der Waals surface area contributed by atoms with Gasteiger partial charge in [0, 0.05) is 12.1 Å². The number of ether oxygens (including phenoxy) is 1. The van der Waals surface area contributed by atoms with Gasteiger partial charge in [0.2, 0.25) is 0 Å². The Kier molecular flexibility index (Phi) is 5.21. The summed E-state index contributed by atoms with van der Waals surface area (Å²) in [5.41, 5.74) is 1.18. The number of alkyl halides is 3. The van der Waals surface area contributed by atoms with Gasteiger partial charge in [0.15, 0.2) is 0 Å². The molecule has 6 nitrogen and oxygen atoms in total. The Balaban J connectivity index is 1.58. The number of nitrogens with one attached hydrogen (secondary N) is 2. The average Bonchev–Trinajstić information content (AvgIpc) is 3.19. The highest BCUT2D eigenvalue weighted by Gasteiger charge is 2.33. The Morgan fingerprint density at radius 1 is 1.20 bits per heavy atom. The van der Waals surface area contributed by atoms with Gasteiger partial charge in [0.25, 0.3) is 5.91 Å². The molecular formula is C21H19F3N4O2. The largest absolute Gasteiger partial charge is 0.497 e. The summed E-state index contributed by atoms with van der Waals surface area (Å²) in [4.78, 5) is 12.3. The highest BCUT2D eigenvalue weighted by molar-refractivity contribution is 5.94. The molecule has 9 heteroatoms. The quantitative estimate of drug-likeness (QED) is 0.667. The van der Waals surface area contributed by atoms with Crippen LogP contribution in [0, 0.1) is 0 Å². The predicted octanol–water partition coefficient (Wildman–Crippen LogP) is 3.61. The third-order valence-electron chi connectivity index (χ3n) is 4.96. The van der Waals surface area contributed by atoms with Crippen LogP contribution in [0.4, 0.5) is 13.2 Å². The van der Waals surface area contributed by atoms with Gasteiger partial charge >= 0.3 is 6.18 Å². The Hall–Kier alpha value is -3.33. The monoisotopic (exact) mass is 416 g/mol. The molecule has 1 aliphatic heterocycles. The summed E-state index contributed by atoms with van der Waals surface area (Å²) >= 11 is 0. The number of carbonyl (C=O) groups excluding carboxylic acids is 1. The summed E-state index contributed by atoms with van der Waals surface area (Å²) in [6.45, 7) is 0.192. The normalized spacial score (nSPS) is 16.1. The predicted molar refractivity (Wildman–Crippen MR) is 104 cm³/mol. The number of halogens is 3. The van der Waals surface area contributed by atoms with Gasteiger partial charge in [-0.1, -0.05) is 18.2 Å². The highest BCUT2D eigenvalue weighted by Crippen LogP contribution is 2.32. The van der Waals surface area contributed by atoms with Crippen LogP contribution in [0.5, 0.6) is 5.75 Å². The third-order valence-corrected chi connectivity index (χ3v) is 4.96. The zero-order valence-corrected chi connectivity index (χ0v) is 16.0. The molecule has 2 heterocycles. The minimum absolute atomic E-state index is 0.0204. The van der Waals surface area contributed by atoms with E-state index in [2.05, 4.69) is 15.7 Å². The van der Waals surface area contributed by atoms with Crippen LogP contribution >= 0.6 is 0 Å². The van der Waals surface area contributed by atoms with Crippen molar-refractivity contribution in [3.8, 4) is 17.0 Å². The summed E-state index contributed by atoms with van der Waals surface area (Å²) in [5, 5.41) is 10.3. The van der Waals surface area contributed by atoms with Crippen LogP contribution in [0.2, 0.25) is 0 Å². The highest BCUT2D eigenvalue weighted by atomic mass is 19.4. The number of hydrogen-bond donors (Lipinski definition) is 2. The molecule has 156 valence electrons. The Labute approximate surface area is 170 Å². The molecule has 1 amide bonds. The summed E-state index contributed by atoms with van der Waals surface area (Å²) in [5.74, 6) is 0.416. The van der Waals surface area contributed by atoms with Crippen molar-refractivity contribution < 1.29 is 22.7 Å². The van der Waals surface area contributed by atoms with Crippen LogP contribution in [-0.4, -0.2) is 29.3 Å². The number of methoxy groups -OCH3 is 1. The van der Waals surface area contributed by atoms with Crippen LogP contribution in [-0.2, 0) is 12.7 Å². The Morgan fingerprint density at radius 3 is 2.63 bits per heavy atom. The number of aromatic nitrogens is 2. The summed E-state index contributed by atoms with van der Waals surface area (Å²) < 4.78 is 46.4. The zero-order chi connectivity index (χ0) is 21.3. The van der Waals surface area contributed by atoms with Crippen LogP contribution in [0.15, 0.2) is 54.6 Å². The van der Waals surface area contributed by atoms with E-state index in [9.17, 15) is 18.0 Å². The number of rotatable bonds is 5. The first-order valence-electron chi connectivity index (χ1n) is 9.27. The molecule has 0 saturated heterocycles. The van der Waals surface area contributed by atoms with Crippen molar-refractivity contribution in [2.45, 2.75) is 18.9 Å². The van der Waals surface area contributed by atoms with Gasteiger partial charge in [-0.15, -0.1) is 0 Å². The molecule has 2 aromatic carbocycles. The van der Waals surface area contributed by atoms with E-state index in [1.807, 2.05) is 12.1 Å². The molecule has 0 aliphatic carbocycles. The van der Waals surface area contributed by atoms with Gasteiger partial charge in [-0.3, -0.25) is 10.1 Å². The van der Waals surface area contributed by atoms with Gasteiger partial charge in [-0.2, -0.15) is 18.3 Å². The summed E-state index contributed by atoms with van der Waals surface area (Å²) in [6, 6.07) is 14.3. The second kappa shape index (κ2) is 7.83. The smallest absolute Gasteiger partial charge is 0.416 e. The molecule has 0 spiro atoms. The van der Waals surface area contributed by atoms with Crippen molar-refractivity contribution in [3.05, 3.63) is 71.4 Å². The minimum atomic E-state index is -4.43. The molecule has 0 unspecified atom stereocenters. The van der Waals surface area contributed by atoms with E-state index in [0.717, 1.165) is 11.6 Å². The van der Waals surface area contributed by atoms with Crippen molar-refractivity contribution in [2.24, 2.45) is 0 Å². The van der Waals surface area contributed by atoms with Crippen molar-refractivity contribution in [1.82, 2.24) is 20.4 Å². The van der Waals surface area contributed by atoms with Crippen LogP contribution in [0.3, 0.4) is 0 Å². The molecule has 1 atom stereocenters. The van der Waals surface area contributed by atoms with Crippen LogP contribution in [0.25, 0.3) is 11.3 Å². The second-order valence-corrected chi connectivity index (χ2v) is 6.85. The molecule has 0 radical (unpaired) electrons. The molecule has 3 aromatic rings. The lowest BCUT2D eigenvalue weighted by Crippen LogP contribution is -2.45. The lowest BCUT2D eigenvalue weighted by molar-refractivity contribution is -0.138. The van der Waals surface area contributed by atoms with Crippen molar-refractivity contribution in [1.29, 1.82) is 0 Å². The summed E-state index contributed by atoms with van der Waals surface area (Å²) in [6.07, 6.45) is -4.91. The maximum atomic E-state index is 13.2. The van der Waals surface area contributed by atoms with E-state index >= 15 is 0 Å². The molecule has 4 rings (SSSR count). The lowest BCUT2D eigenvalue weighted by atomic mass is 10.1. The standard InChI is InChI=1S/C21H19F3N4O2/c1-30-15-8-6-13(7-9-15)17-10-18-20(29)26-12-19(28(18)27-17)25-11-14-4-2-3-5-16(14)21(22,23)24/h2-10,19,25H,11-12H2,1H3,(H,26,29)/t19-/m1/s1. The lowest BCUT2D eigenvalue weighted by Gasteiger charge is -2.26. The molecule has 0 fully saturated rings. The summed E-state index contributed by atoms with van der Waals surface area (Å²) in [7, 11) is 1.57. The van der Waals surface area contributed by atoms with E-state index in [-0.39, 0.29) is 24.6 Å². The maximum Gasteiger partial charge on any atom is 0.416 e. The zero-order valence-electron chi connectivity index (χ0n) is 16.0. The molecule has 0 saturated carbocycles. The first-order valence-corrected chi connectivity index (χ1v) is 9.27. The number of amides is 1. The van der Waals surface area contributed by atoms with Crippen molar-refractivity contribution in [3.63, 3.8) is 0 Å². The van der Waals surface area contributed by atoms with Gasteiger partial charge in [-0.05, 0) is 42.0 Å². The van der Waals surface area contributed by atoms with E-state index < -0.39 is 17.9 Å². The fourth-order valence-electron chi connectivity index (χ4n) is 3.41. The molecule has 30 heavy (non-hydrogen) atoms. The first-order chi connectivity index (χ1) is 14.4. The number of hydrogen-bond acceptors (Lipinski definition) is 4. The SMILES string of the molecule is COc1ccc(-c2cc3n(n2)[C@@H](NCc2ccccc2C(F)(F)F)CNC3=O)cc1. The number of nitrogens with zero attached hydrogens (tertiary/aromatic N) is 2. The van der Waals surface area contributed by atoms with Gasteiger partial charge in [-0.25, -0.2) is 4.68 Å². The minimum Gasteiger partial charge on any atom is -0.497 e. The average molecular weight is 416 g/mol. The first kappa shape index (κ1) is 20.0. The van der Waals surface area contributed by atoms with Crippen LogP contribution in [0.1, 0.15) is 27.8 Å². The second-order valence-electron chi connectivity index (χ2n) is 6.85. The van der Waals surface area contributed by atoms with E-state index in [0.29, 0.717) is 17.1 Å². The maximum absolute atomic E-state index is 13.2. The number of fused-ring (bicyclic) bond motifs is 1. The molecule has 1 aromatic heterocycles. The van der Waals surface area contributed by atoms with Crippen molar-refractivity contribution >= 4 is 5.91 Å². The Morgan fingerprint density at radius 2 is 1.93 bits per heavy atom. The fraction of sp³-hybridized carbons (Fsp3) is 0.238. The van der Waals surface area contributed by atoms with Crippen molar-refractivity contribution in [2.75, 3.05) is 13.7 Å². The molecule has 2 N–H and O–H groups in total.